The van der Waals surface area contributed by atoms with E-state index in [0.717, 1.165) is 26.7 Å². The maximum atomic E-state index is 12.4. The summed E-state index contributed by atoms with van der Waals surface area (Å²) in [6.07, 6.45) is 1.64. The van der Waals surface area contributed by atoms with Gasteiger partial charge in [-0.1, -0.05) is 28.1 Å². The molecule has 0 aliphatic carbocycles. The molecular formula is C16H10BrNO3S. The number of benzene rings is 2. The van der Waals surface area contributed by atoms with Gasteiger partial charge in [-0.3, -0.25) is 9.59 Å². The SMILES string of the molecule is O=C1S/C(=C\c2ccc(O)cc2)C(=O)N1c1ccc(Br)cc1. The lowest BCUT2D eigenvalue weighted by atomic mass is 10.2. The first kappa shape index (κ1) is 14.9. The van der Waals surface area contributed by atoms with Gasteiger partial charge in [-0.05, 0) is 59.8 Å². The lowest BCUT2D eigenvalue weighted by Gasteiger charge is -2.12. The molecule has 1 aliphatic rings. The van der Waals surface area contributed by atoms with Crippen LogP contribution in [0.15, 0.2) is 57.9 Å². The van der Waals surface area contributed by atoms with Crippen molar-refractivity contribution in [3.8, 4) is 5.75 Å². The van der Waals surface area contributed by atoms with Crippen LogP contribution in [0, 0.1) is 0 Å². The number of thioether (sulfide) groups is 1. The second-order valence-corrected chi connectivity index (χ2v) is 6.49. The number of anilines is 1. The number of carbonyl (C=O) groups is 2. The fourth-order valence-electron chi connectivity index (χ4n) is 2.00. The highest BCUT2D eigenvalue weighted by molar-refractivity contribution is 9.10. The summed E-state index contributed by atoms with van der Waals surface area (Å²) in [5, 5.41) is 8.94. The number of phenolic OH excluding ortho intramolecular Hbond substituents is 1. The van der Waals surface area contributed by atoms with Gasteiger partial charge in [-0.15, -0.1) is 0 Å². The number of imide groups is 1. The van der Waals surface area contributed by atoms with Gasteiger partial charge in [-0.2, -0.15) is 0 Å². The summed E-state index contributed by atoms with van der Waals surface area (Å²) in [5.74, 6) is -0.189. The molecule has 0 unspecified atom stereocenters. The summed E-state index contributed by atoms with van der Waals surface area (Å²) >= 11 is 4.22. The molecule has 1 N–H and O–H groups in total. The van der Waals surface area contributed by atoms with Crippen LogP contribution >= 0.6 is 27.7 Å². The third-order valence-electron chi connectivity index (χ3n) is 3.07. The first-order chi connectivity index (χ1) is 10.5. The highest BCUT2D eigenvalue weighted by atomic mass is 79.9. The topological polar surface area (TPSA) is 57.6 Å². The Bertz CT molecular complexity index is 769. The first-order valence-corrected chi connectivity index (χ1v) is 7.98. The van der Waals surface area contributed by atoms with E-state index in [1.165, 1.54) is 12.1 Å². The van der Waals surface area contributed by atoms with Crippen molar-refractivity contribution in [2.24, 2.45) is 0 Å². The zero-order valence-electron chi connectivity index (χ0n) is 11.2. The fourth-order valence-corrected chi connectivity index (χ4v) is 3.11. The van der Waals surface area contributed by atoms with Crippen LogP contribution in [0.25, 0.3) is 6.08 Å². The van der Waals surface area contributed by atoms with E-state index in [-0.39, 0.29) is 16.9 Å². The number of amides is 2. The monoisotopic (exact) mass is 375 g/mol. The van der Waals surface area contributed by atoms with Crippen molar-refractivity contribution in [2.45, 2.75) is 0 Å². The van der Waals surface area contributed by atoms with E-state index in [0.29, 0.717) is 10.6 Å². The Balaban J connectivity index is 1.91. The Morgan fingerprint density at radius 2 is 1.64 bits per heavy atom. The number of halogens is 1. The second kappa shape index (κ2) is 5.98. The molecule has 110 valence electrons. The normalized spacial score (nSPS) is 16.6. The van der Waals surface area contributed by atoms with Crippen molar-refractivity contribution in [3.63, 3.8) is 0 Å². The van der Waals surface area contributed by atoms with Gasteiger partial charge >= 0.3 is 0 Å². The third kappa shape index (κ3) is 2.93. The molecule has 0 bridgehead atoms. The van der Waals surface area contributed by atoms with Crippen LogP contribution in [0.3, 0.4) is 0 Å². The molecule has 6 heteroatoms. The number of phenols is 1. The van der Waals surface area contributed by atoms with Crippen LogP contribution in [0.4, 0.5) is 10.5 Å². The van der Waals surface area contributed by atoms with Gasteiger partial charge in [-0.25, -0.2) is 4.90 Å². The molecule has 2 aromatic carbocycles. The lowest BCUT2D eigenvalue weighted by molar-refractivity contribution is -0.113. The van der Waals surface area contributed by atoms with E-state index in [2.05, 4.69) is 15.9 Å². The molecular weight excluding hydrogens is 366 g/mol. The van der Waals surface area contributed by atoms with Crippen LogP contribution in [0.1, 0.15) is 5.56 Å². The van der Waals surface area contributed by atoms with Crippen LogP contribution in [0.5, 0.6) is 5.75 Å². The van der Waals surface area contributed by atoms with Gasteiger partial charge in [0.2, 0.25) is 0 Å². The molecule has 1 fully saturated rings. The summed E-state index contributed by atoms with van der Waals surface area (Å²) in [5.41, 5.74) is 1.29. The summed E-state index contributed by atoms with van der Waals surface area (Å²) < 4.78 is 0.878. The number of hydrogen-bond acceptors (Lipinski definition) is 4. The maximum Gasteiger partial charge on any atom is 0.298 e. The van der Waals surface area contributed by atoms with Crippen molar-refractivity contribution in [2.75, 3.05) is 4.90 Å². The highest BCUT2D eigenvalue weighted by Crippen LogP contribution is 2.36. The Kier molecular flexibility index (Phi) is 4.04. The number of aromatic hydroxyl groups is 1. The molecule has 22 heavy (non-hydrogen) atoms. The van der Waals surface area contributed by atoms with E-state index in [1.54, 1.807) is 42.5 Å². The fraction of sp³-hybridized carbons (Fsp3) is 0. The molecule has 0 saturated carbocycles. The largest absolute Gasteiger partial charge is 0.508 e. The van der Waals surface area contributed by atoms with Crippen LogP contribution in [0.2, 0.25) is 0 Å². The van der Waals surface area contributed by atoms with E-state index in [4.69, 9.17) is 0 Å². The molecule has 0 radical (unpaired) electrons. The summed E-state index contributed by atoms with van der Waals surface area (Å²) in [4.78, 5) is 26.0. The first-order valence-electron chi connectivity index (χ1n) is 6.37. The van der Waals surface area contributed by atoms with Crippen molar-refractivity contribution in [1.82, 2.24) is 0 Å². The van der Waals surface area contributed by atoms with Crippen LogP contribution in [-0.4, -0.2) is 16.3 Å². The Hall–Kier alpha value is -2.05. The molecule has 4 nitrogen and oxygen atoms in total. The van der Waals surface area contributed by atoms with Gasteiger partial charge in [0.05, 0.1) is 10.6 Å². The van der Waals surface area contributed by atoms with Gasteiger partial charge in [0.25, 0.3) is 11.1 Å². The van der Waals surface area contributed by atoms with Crippen LogP contribution in [-0.2, 0) is 4.79 Å². The minimum atomic E-state index is -0.342. The molecule has 0 spiro atoms. The van der Waals surface area contributed by atoms with Gasteiger partial charge in [0.15, 0.2) is 0 Å². The van der Waals surface area contributed by atoms with Crippen LogP contribution < -0.4 is 4.90 Å². The van der Waals surface area contributed by atoms with Gasteiger partial charge < -0.3 is 5.11 Å². The number of rotatable bonds is 2. The quantitative estimate of drug-likeness (QED) is 0.790. The molecule has 1 heterocycles. The summed E-state index contributed by atoms with van der Waals surface area (Å²) in [6, 6.07) is 13.4. The predicted octanol–water partition coefficient (Wildman–Crippen LogP) is 4.40. The lowest BCUT2D eigenvalue weighted by Crippen LogP contribution is -2.27. The van der Waals surface area contributed by atoms with Gasteiger partial charge in [0, 0.05) is 4.47 Å². The zero-order chi connectivity index (χ0) is 15.7. The summed E-state index contributed by atoms with van der Waals surface area (Å²) in [7, 11) is 0. The van der Waals surface area contributed by atoms with Crippen molar-refractivity contribution in [1.29, 1.82) is 0 Å². The average molecular weight is 376 g/mol. The molecule has 1 saturated heterocycles. The molecule has 0 aromatic heterocycles. The van der Waals surface area contributed by atoms with Crippen molar-refractivity contribution < 1.29 is 14.7 Å². The standard InChI is InChI=1S/C16H10BrNO3S/c17-11-3-5-12(6-4-11)18-15(20)14(22-16(18)21)9-10-1-7-13(19)8-2-10/h1-9,19H/b14-9-. The average Bonchev–Trinajstić information content (AvgIpc) is 2.77. The third-order valence-corrected chi connectivity index (χ3v) is 4.47. The zero-order valence-corrected chi connectivity index (χ0v) is 13.6. The highest BCUT2D eigenvalue weighted by Gasteiger charge is 2.36. The minimum Gasteiger partial charge on any atom is -0.508 e. The molecule has 2 amide bonds. The number of nitrogens with zero attached hydrogens (tertiary/aromatic N) is 1. The van der Waals surface area contributed by atoms with E-state index in [9.17, 15) is 14.7 Å². The summed E-state index contributed by atoms with van der Waals surface area (Å²) in [6.45, 7) is 0. The minimum absolute atomic E-state index is 0.153. The predicted molar refractivity (Wildman–Crippen MR) is 90.7 cm³/mol. The van der Waals surface area contributed by atoms with E-state index in [1.807, 2.05) is 0 Å². The number of carbonyl (C=O) groups excluding carboxylic acids is 2. The van der Waals surface area contributed by atoms with Gasteiger partial charge in [0.1, 0.15) is 5.75 Å². The maximum absolute atomic E-state index is 12.4. The Morgan fingerprint density at radius 3 is 2.27 bits per heavy atom. The Labute approximate surface area is 139 Å². The van der Waals surface area contributed by atoms with E-state index < -0.39 is 0 Å². The molecule has 2 aromatic rings. The molecule has 1 aliphatic heterocycles. The Morgan fingerprint density at radius 1 is 1.00 bits per heavy atom. The number of hydrogen-bond donors (Lipinski definition) is 1. The van der Waals surface area contributed by atoms with Crippen molar-refractivity contribution >= 4 is 50.6 Å². The van der Waals surface area contributed by atoms with E-state index >= 15 is 0 Å². The smallest absolute Gasteiger partial charge is 0.298 e. The van der Waals surface area contributed by atoms with Crippen molar-refractivity contribution in [3.05, 3.63) is 63.5 Å². The molecule has 0 atom stereocenters. The molecule has 3 rings (SSSR count). The second-order valence-electron chi connectivity index (χ2n) is 4.59.